The third-order valence-corrected chi connectivity index (χ3v) is 10.6. The maximum absolute atomic E-state index is 13.4. The van der Waals surface area contributed by atoms with E-state index < -0.39 is 12.1 Å². The normalized spacial score (nSPS) is 18.6. The maximum atomic E-state index is 13.4. The van der Waals surface area contributed by atoms with E-state index in [-0.39, 0.29) is 12.5 Å². The van der Waals surface area contributed by atoms with Crippen LogP contribution in [0.3, 0.4) is 0 Å². The highest BCUT2D eigenvalue weighted by atomic mass is 16.5. The highest BCUT2D eigenvalue weighted by Crippen LogP contribution is 2.46. The van der Waals surface area contributed by atoms with Crippen LogP contribution in [0.4, 0.5) is 4.79 Å². The molecule has 0 aromatic heterocycles. The molecular weight excluding hydrogens is 594 g/mol. The van der Waals surface area contributed by atoms with Gasteiger partial charge in [0.1, 0.15) is 23.9 Å². The fourth-order valence-electron chi connectivity index (χ4n) is 7.92. The van der Waals surface area contributed by atoms with Gasteiger partial charge >= 0.3 is 6.09 Å². The van der Waals surface area contributed by atoms with Gasteiger partial charge in [0.25, 0.3) is 0 Å². The predicted molar refractivity (Wildman–Crippen MR) is 192 cm³/mol. The van der Waals surface area contributed by atoms with Gasteiger partial charge in [-0.05, 0) is 59.2 Å². The monoisotopic (exact) mass is 643 g/mol. The quantitative estimate of drug-likeness (QED) is 0.227. The average molecular weight is 644 g/mol. The molecule has 0 radical (unpaired) electrons. The van der Waals surface area contributed by atoms with Crippen LogP contribution < -0.4 is 14.8 Å². The Kier molecular flexibility index (Phi) is 10.6. The molecule has 5 heteroatoms. The molecule has 250 valence electrons. The number of carbonyl (C=O) groups is 1. The first kappa shape index (κ1) is 32.3. The summed E-state index contributed by atoms with van der Waals surface area (Å²) in [7, 11) is 0. The van der Waals surface area contributed by atoms with E-state index in [1.165, 1.54) is 106 Å². The molecule has 3 aliphatic rings. The number of carbonyl (C=O) groups excluding carboxylic acids is 1. The Balaban J connectivity index is 1.01. The van der Waals surface area contributed by atoms with E-state index in [2.05, 4.69) is 53.8 Å². The van der Waals surface area contributed by atoms with Crippen molar-refractivity contribution in [2.24, 2.45) is 5.92 Å². The SMILES string of the molecule is O=C(NC1c2ccccc2Oc2cc(OCC3CCCCCCCCCCCCC3)ccc21)OCC1c2ccccc2-c2ccccc21. The number of benzene rings is 4. The second kappa shape index (κ2) is 15.8. The van der Waals surface area contributed by atoms with E-state index in [0.29, 0.717) is 11.7 Å². The molecule has 4 aromatic carbocycles. The summed E-state index contributed by atoms with van der Waals surface area (Å²) < 4.78 is 18.8. The molecule has 0 spiro atoms. The molecular formula is C43H49NO4. The van der Waals surface area contributed by atoms with E-state index in [1.807, 2.05) is 42.5 Å². The summed E-state index contributed by atoms with van der Waals surface area (Å²) in [6.45, 7) is 1.00. The third kappa shape index (κ3) is 7.56. The zero-order valence-electron chi connectivity index (χ0n) is 28.1. The fourth-order valence-corrected chi connectivity index (χ4v) is 7.92. The van der Waals surface area contributed by atoms with E-state index in [0.717, 1.165) is 29.2 Å². The molecule has 1 N–H and O–H groups in total. The van der Waals surface area contributed by atoms with E-state index in [9.17, 15) is 4.79 Å². The number of hydrogen-bond acceptors (Lipinski definition) is 4. The minimum absolute atomic E-state index is 0.00627. The molecule has 1 saturated carbocycles. The van der Waals surface area contributed by atoms with Gasteiger partial charge in [0, 0.05) is 23.1 Å². The molecule has 4 aromatic rings. The Hall–Kier alpha value is -4.25. The summed E-state index contributed by atoms with van der Waals surface area (Å²) in [4.78, 5) is 13.4. The summed E-state index contributed by atoms with van der Waals surface area (Å²) in [6, 6.07) is 30.3. The van der Waals surface area contributed by atoms with Crippen LogP contribution in [-0.2, 0) is 4.74 Å². The molecule has 1 fully saturated rings. The van der Waals surface area contributed by atoms with Gasteiger partial charge in [-0.2, -0.15) is 0 Å². The number of alkyl carbamates (subject to hydrolysis) is 1. The van der Waals surface area contributed by atoms with Gasteiger partial charge in [0.2, 0.25) is 0 Å². The minimum Gasteiger partial charge on any atom is -0.493 e. The number of para-hydroxylation sites is 1. The second-order valence-corrected chi connectivity index (χ2v) is 13.9. The van der Waals surface area contributed by atoms with Crippen molar-refractivity contribution < 1.29 is 19.0 Å². The molecule has 1 unspecified atom stereocenters. The number of nitrogens with one attached hydrogen (secondary N) is 1. The highest BCUT2D eigenvalue weighted by molar-refractivity contribution is 5.79. The van der Waals surface area contributed by atoms with Crippen molar-refractivity contribution in [2.45, 2.75) is 95.4 Å². The molecule has 1 heterocycles. The van der Waals surface area contributed by atoms with Gasteiger partial charge < -0.3 is 19.5 Å². The van der Waals surface area contributed by atoms with Gasteiger partial charge in [0.15, 0.2) is 0 Å². The fraction of sp³-hybridized carbons (Fsp3) is 0.419. The van der Waals surface area contributed by atoms with Gasteiger partial charge in [0.05, 0.1) is 12.6 Å². The second-order valence-electron chi connectivity index (χ2n) is 13.9. The number of fused-ring (bicyclic) bond motifs is 5. The van der Waals surface area contributed by atoms with Gasteiger partial charge in [-0.15, -0.1) is 0 Å². The van der Waals surface area contributed by atoms with Crippen molar-refractivity contribution in [3.63, 3.8) is 0 Å². The van der Waals surface area contributed by atoms with Crippen molar-refractivity contribution in [1.29, 1.82) is 0 Å². The van der Waals surface area contributed by atoms with Crippen LogP contribution in [0.25, 0.3) is 11.1 Å². The van der Waals surface area contributed by atoms with Crippen LogP contribution in [0, 0.1) is 5.92 Å². The smallest absolute Gasteiger partial charge is 0.407 e. The van der Waals surface area contributed by atoms with Crippen molar-refractivity contribution in [1.82, 2.24) is 5.32 Å². The number of amides is 1. The predicted octanol–water partition coefficient (Wildman–Crippen LogP) is 11.5. The Bertz CT molecular complexity index is 1620. The molecule has 1 atom stereocenters. The average Bonchev–Trinajstić information content (AvgIpc) is 3.44. The topological polar surface area (TPSA) is 56.8 Å². The standard InChI is InChI=1S/C43H49NO4/c45-43(47-30-39-35-22-14-12-20-33(35)34-21-13-15-23-36(34)39)44-42-37-24-16-17-25-40(37)48-41-28-32(26-27-38(41)42)46-29-31-18-10-8-6-4-2-1-3-5-7-9-11-19-31/h12-17,20-28,31,39,42H,1-11,18-19,29-30H2,(H,44,45). The zero-order chi connectivity index (χ0) is 32.5. The van der Waals surface area contributed by atoms with Crippen LogP contribution >= 0.6 is 0 Å². The molecule has 0 bridgehead atoms. The summed E-state index contributed by atoms with van der Waals surface area (Å²) in [5.74, 6) is 2.84. The van der Waals surface area contributed by atoms with E-state index in [4.69, 9.17) is 14.2 Å². The summed E-state index contributed by atoms with van der Waals surface area (Å²) in [5.41, 5.74) is 6.62. The Labute approximate surface area is 286 Å². The maximum Gasteiger partial charge on any atom is 0.407 e. The lowest BCUT2D eigenvalue weighted by molar-refractivity contribution is 0.140. The lowest BCUT2D eigenvalue weighted by Gasteiger charge is -2.29. The summed E-state index contributed by atoms with van der Waals surface area (Å²) in [6.07, 6.45) is 17.0. The largest absolute Gasteiger partial charge is 0.493 e. The lowest BCUT2D eigenvalue weighted by Crippen LogP contribution is -2.32. The summed E-state index contributed by atoms with van der Waals surface area (Å²) in [5, 5.41) is 3.17. The molecule has 48 heavy (non-hydrogen) atoms. The van der Waals surface area contributed by atoms with Crippen molar-refractivity contribution in [2.75, 3.05) is 13.2 Å². The van der Waals surface area contributed by atoms with Crippen molar-refractivity contribution in [3.05, 3.63) is 113 Å². The van der Waals surface area contributed by atoms with Crippen molar-refractivity contribution >= 4 is 6.09 Å². The van der Waals surface area contributed by atoms with E-state index >= 15 is 0 Å². The number of rotatable bonds is 6. The first-order valence-corrected chi connectivity index (χ1v) is 18.4. The zero-order valence-corrected chi connectivity index (χ0v) is 28.1. The van der Waals surface area contributed by atoms with E-state index in [1.54, 1.807) is 0 Å². The highest BCUT2D eigenvalue weighted by Gasteiger charge is 2.32. The van der Waals surface area contributed by atoms with Gasteiger partial charge in [-0.3, -0.25) is 0 Å². The summed E-state index contributed by atoms with van der Waals surface area (Å²) >= 11 is 0. The molecule has 1 amide bonds. The van der Waals surface area contributed by atoms with Crippen molar-refractivity contribution in [3.8, 4) is 28.4 Å². The molecule has 1 aliphatic heterocycles. The van der Waals surface area contributed by atoms with Gasteiger partial charge in [-0.1, -0.05) is 137 Å². The Morgan fingerprint density at radius 2 is 1.15 bits per heavy atom. The molecule has 7 rings (SSSR count). The molecule has 5 nitrogen and oxygen atoms in total. The van der Waals surface area contributed by atoms with Crippen LogP contribution in [0.5, 0.6) is 17.2 Å². The minimum atomic E-state index is -0.446. The first-order valence-electron chi connectivity index (χ1n) is 18.4. The van der Waals surface area contributed by atoms with Gasteiger partial charge in [-0.25, -0.2) is 4.79 Å². The molecule has 0 saturated heterocycles. The number of hydrogen-bond donors (Lipinski definition) is 1. The van der Waals surface area contributed by atoms with Crippen LogP contribution in [-0.4, -0.2) is 19.3 Å². The van der Waals surface area contributed by atoms with Crippen LogP contribution in [0.15, 0.2) is 91.0 Å². The molecule has 2 aliphatic carbocycles. The van der Waals surface area contributed by atoms with Crippen LogP contribution in [0.2, 0.25) is 0 Å². The third-order valence-electron chi connectivity index (χ3n) is 10.6. The van der Waals surface area contributed by atoms with Crippen LogP contribution in [0.1, 0.15) is 118 Å². The Morgan fingerprint density at radius 1 is 0.604 bits per heavy atom. The lowest BCUT2D eigenvalue weighted by atomic mass is 9.93. The number of ether oxygens (including phenoxy) is 3. The Morgan fingerprint density at radius 3 is 1.79 bits per heavy atom. The first-order chi connectivity index (χ1) is 23.7.